The molecule has 0 radical (unpaired) electrons. The zero-order chi connectivity index (χ0) is 10.0. The highest BCUT2D eigenvalue weighted by Crippen LogP contribution is 2.16. The molecule has 1 rings (SSSR count). The Morgan fingerprint density at radius 3 is 1.93 bits per heavy atom. The first-order valence-electron chi connectivity index (χ1n) is 4.53. The number of aliphatic hydroxyl groups excluding tert-OH is 4. The number of hydrogen-bond acceptors (Lipinski definition) is 5. The molecule has 0 bridgehead atoms. The Bertz CT molecular complexity index is 151. The van der Waals surface area contributed by atoms with Gasteiger partial charge in [-0.15, -0.1) is 12.4 Å². The van der Waals surface area contributed by atoms with Crippen LogP contribution in [0.25, 0.3) is 0 Å². The van der Waals surface area contributed by atoms with Gasteiger partial charge in [0, 0.05) is 6.04 Å². The van der Waals surface area contributed by atoms with Gasteiger partial charge in [0.25, 0.3) is 0 Å². The SMILES string of the molecule is CC[C@H]1N[C@H](CO)[C@H](O)[C@@H](O)[C@@H]1O.Cl. The van der Waals surface area contributed by atoms with E-state index >= 15 is 0 Å². The van der Waals surface area contributed by atoms with Crippen LogP contribution in [0.15, 0.2) is 0 Å². The molecular formula is C8H18ClNO4. The normalized spacial score (nSPS) is 43.1. The third-order valence-corrected chi connectivity index (χ3v) is 2.59. The third-order valence-electron chi connectivity index (χ3n) is 2.59. The van der Waals surface area contributed by atoms with Crippen LogP contribution in [0.5, 0.6) is 0 Å². The Morgan fingerprint density at radius 1 is 1.00 bits per heavy atom. The summed E-state index contributed by atoms with van der Waals surface area (Å²) in [4.78, 5) is 0. The van der Waals surface area contributed by atoms with Gasteiger partial charge >= 0.3 is 0 Å². The van der Waals surface area contributed by atoms with Crippen LogP contribution in [-0.4, -0.2) is 57.4 Å². The van der Waals surface area contributed by atoms with Gasteiger partial charge in [0.15, 0.2) is 0 Å². The molecule has 1 fully saturated rings. The molecule has 5 nitrogen and oxygen atoms in total. The van der Waals surface area contributed by atoms with Gasteiger partial charge in [0.2, 0.25) is 0 Å². The number of aliphatic hydroxyl groups is 4. The van der Waals surface area contributed by atoms with Crippen molar-refractivity contribution in [2.45, 2.75) is 43.7 Å². The maximum atomic E-state index is 9.47. The molecule has 0 aliphatic carbocycles. The lowest BCUT2D eigenvalue weighted by atomic mass is 9.89. The van der Waals surface area contributed by atoms with Crippen LogP contribution in [0.1, 0.15) is 13.3 Å². The highest BCUT2D eigenvalue weighted by molar-refractivity contribution is 5.85. The molecule has 0 saturated carbocycles. The topological polar surface area (TPSA) is 93.0 Å². The molecule has 0 aromatic heterocycles. The van der Waals surface area contributed by atoms with Crippen LogP contribution in [0.4, 0.5) is 0 Å². The van der Waals surface area contributed by atoms with E-state index in [1.165, 1.54) is 0 Å². The fourth-order valence-electron chi connectivity index (χ4n) is 1.67. The van der Waals surface area contributed by atoms with E-state index in [4.69, 9.17) is 5.11 Å². The van der Waals surface area contributed by atoms with Crippen molar-refractivity contribution >= 4 is 12.4 Å². The van der Waals surface area contributed by atoms with E-state index in [0.717, 1.165) is 0 Å². The molecule has 86 valence electrons. The van der Waals surface area contributed by atoms with E-state index in [1.54, 1.807) is 0 Å². The lowest BCUT2D eigenvalue weighted by Crippen LogP contribution is -2.65. The molecule has 1 heterocycles. The number of hydrogen-bond donors (Lipinski definition) is 5. The first-order valence-corrected chi connectivity index (χ1v) is 4.53. The number of piperidine rings is 1. The van der Waals surface area contributed by atoms with Crippen molar-refractivity contribution in [1.29, 1.82) is 0 Å². The van der Waals surface area contributed by atoms with Crippen molar-refractivity contribution in [1.82, 2.24) is 5.32 Å². The van der Waals surface area contributed by atoms with Crippen molar-refractivity contribution in [3.63, 3.8) is 0 Å². The molecule has 0 spiro atoms. The van der Waals surface area contributed by atoms with Gasteiger partial charge in [0.1, 0.15) is 6.10 Å². The number of halogens is 1. The molecule has 14 heavy (non-hydrogen) atoms. The molecule has 5 atom stereocenters. The van der Waals surface area contributed by atoms with E-state index < -0.39 is 24.4 Å². The van der Waals surface area contributed by atoms with Gasteiger partial charge in [0.05, 0.1) is 24.9 Å². The molecule has 1 saturated heterocycles. The Kier molecular flexibility index (Phi) is 5.88. The van der Waals surface area contributed by atoms with Crippen LogP contribution in [0.3, 0.4) is 0 Å². The second-order valence-electron chi connectivity index (χ2n) is 3.44. The van der Waals surface area contributed by atoms with E-state index in [-0.39, 0.29) is 25.1 Å². The van der Waals surface area contributed by atoms with Crippen LogP contribution >= 0.6 is 12.4 Å². The molecule has 6 heteroatoms. The lowest BCUT2D eigenvalue weighted by molar-refractivity contribution is -0.119. The zero-order valence-corrected chi connectivity index (χ0v) is 8.81. The van der Waals surface area contributed by atoms with Gasteiger partial charge in [-0.1, -0.05) is 6.92 Å². The van der Waals surface area contributed by atoms with Gasteiger partial charge in [-0.05, 0) is 6.42 Å². The Labute approximate surface area is 89.2 Å². The van der Waals surface area contributed by atoms with Gasteiger partial charge in [-0.25, -0.2) is 0 Å². The molecule has 1 aliphatic heterocycles. The summed E-state index contributed by atoms with van der Waals surface area (Å²) in [6, 6.07) is -0.820. The van der Waals surface area contributed by atoms with Crippen molar-refractivity contribution in [2.24, 2.45) is 0 Å². The zero-order valence-electron chi connectivity index (χ0n) is 8.00. The van der Waals surface area contributed by atoms with Crippen molar-refractivity contribution in [2.75, 3.05) is 6.61 Å². The molecule has 0 aromatic carbocycles. The first-order chi connectivity index (χ1) is 6.11. The smallest absolute Gasteiger partial charge is 0.109 e. The van der Waals surface area contributed by atoms with Crippen molar-refractivity contribution in [3.05, 3.63) is 0 Å². The van der Waals surface area contributed by atoms with Gasteiger partial charge in [-0.3, -0.25) is 0 Å². The van der Waals surface area contributed by atoms with Crippen LogP contribution < -0.4 is 5.32 Å². The summed E-state index contributed by atoms with van der Waals surface area (Å²) in [5.74, 6) is 0. The fourth-order valence-corrected chi connectivity index (χ4v) is 1.67. The maximum absolute atomic E-state index is 9.47. The predicted molar refractivity (Wildman–Crippen MR) is 53.4 cm³/mol. The molecular weight excluding hydrogens is 210 g/mol. The number of rotatable bonds is 2. The second-order valence-corrected chi connectivity index (χ2v) is 3.44. The van der Waals surface area contributed by atoms with Crippen LogP contribution in [0.2, 0.25) is 0 Å². The maximum Gasteiger partial charge on any atom is 0.109 e. The fraction of sp³-hybridized carbons (Fsp3) is 1.00. The molecule has 1 aliphatic rings. The van der Waals surface area contributed by atoms with E-state index in [1.807, 2.05) is 6.92 Å². The van der Waals surface area contributed by atoms with Gasteiger partial charge < -0.3 is 25.7 Å². The van der Waals surface area contributed by atoms with Crippen molar-refractivity contribution < 1.29 is 20.4 Å². The highest BCUT2D eigenvalue weighted by atomic mass is 35.5. The monoisotopic (exact) mass is 227 g/mol. The molecule has 5 N–H and O–H groups in total. The van der Waals surface area contributed by atoms with Crippen LogP contribution in [0, 0.1) is 0 Å². The highest BCUT2D eigenvalue weighted by Gasteiger charge is 2.40. The third kappa shape index (κ3) is 2.56. The summed E-state index contributed by atoms with van der Waals surface area (Å²) in [6.07, 6.45) is -2.62. The second kappa shape index (κ2) is 5.85. The van der Waals surface area contributed by atoms with Gasteiger partial charge in [-0.2, -0.15) is 0 Å². The van der Waals surface area contributed by atoms with E-state index in [2.05, 4.69) is 5.32 Å². The molecule has 0 aromatic rings. The average molecular weight is 228 g/mol. The molecule has 0 amide bonds. The minimum absolute atomic E-state index is 0. The Morgan fingerprint density at radius 2 is 1.50 bits per heavy atom. The Hall–Kier alpha value is 0.0900. The number of nitrogens with one attached hydrogen (secondary N) is 1. The molecule has 0 unspecified atom stereocenters. The predicted octanol–water partition coefficient (Wildman–Crippen LogP) is -1.77. The summed E-state index contributed by atoms with van der Waals surface area (Å²) < 4.78 is 0. The summed E-state index contributed by atoms with van der Waals surface area (Å²) in [6.45, 7) is 1.61. The van der Waals surface area contributed by atoms with E-state index in [9.17, 15) is 15.3 Å². The first kappa shape index (κ1) is 14.1. The summed E-state index contributed by atoms with van der Waals surface area (Å²) in [5.41, 5.74) is 0. The average Bonchev–Trinajstić information content (AvgIpc) is 2.15. The minimum atomic E-state index is -1.18. The quantitative estimate of drug-likeness (QED) is 0.385. The largest absolute Gasteiger partial charge is 0.395 e. The lowest BCUT2D eigenvalue weighted by Gasteiger charge is -2.40. The Balaban J connectivity index is 0.00000169. The van der Waals surface area contributed by atoms with Crippen LogP contribution in [-0.2, 0) is 0 Å². The van der Waals surface area contributed by atoms with Crippen molar-refractivity contribution in [3.8, 4) is 0 Å². The minimum Gasteiger partial charge on any atom is -0.395 e. The summed E-state index contributed by atoms with van der Waals surface area (Å²) in [5, 5.41) is 40.0. The standard InChI is InChI=1S/C8H17NO4.ClH/c1-2-4-6(11)8(13)7(12)5(3-10)9-4;/h4-13H,2-3H2,1H3;1H/t4-,5-,6-,7+,8+;/m1./s1. The summed E-state index contributed by atoms with van der Waals surface area (Å²) >= 11 is 0. The van der Waals surface area contributed by atoms with E-state index in [0.29, 0.717) is 6.42 Å². The summed E-state index contributed by atoms with van der Waals surface area (Å²) in [7, 11) is 0.